The summed E-state index contributed by atoms with van der Waals surface area (Å²) < 4.78 is 165. The largest absolute Gasteiger partial charge is 0.507 e. The van der Waals surface area contributed by atoms with Crippen molar-refractivity contribution in [3.05, 3.63) is 65.7 Å². The van der Waals surface area contributed by atoms with Crippen LogP contribution in [-0.2, 0) is 60.9 Å². The third-order valence-corrected chi connectivity index (χ3v) is 12.7. The van der Waals surface area contributed by atoms with E-state index in [2.05, 4.69) is 10.2 Å². The van der Waals surface area contributed by atoms with Gasteiger partial charge in [0.1, 0.15) is 26.1 Å². The number of hydrogen-bond acceptors (Lipinski definition) is 15. The summed E-state index contributed by atoms with van der Waals surface area (Å²) in [5.41, 5.74) is -2.37. The number of sulfone groups is 1. The minimum Gasteiger partial charge on any atom is -0.507 e. The van der Waals surface area contributed by atoms with Crippen molar-refractivity contribution in [2.75, 3.05) is 22.4 Å². The molecule has 4 rings (SSSR count). The number of alkyl halides is 1. The van der Waals surface area contributed by atoms with E-state index < -0.39 is 126 Å². The van der Waals surface area contributed by atoms with E-state index in [1.807, 2.05) is 0 Å². The van der Waals surface area contributed by atoms with E-state index in [0.717, 1.165) is 19.1 Å². The maximum absolute atomic E-state index is 13.7. The molecule has 0 aliphatic heterocycles. The van der Waals surface area contributed by atoms with Crippen LogP contribution in [0.4, 0.5) is 11.4 Å². The SMILES string of the molecule is CC(=N)ONc1c(S(=O)(=O)O)cc(-c2c(S(=O)(=O)O)cc3cc(S(=O)(=O)O)cc(O)c3c2NC(=O)c2ccc(CS(=O)(=O)CCCl)cc2)cc1S(=O)(=O)O. The first kappa shape index (κ1) is 42.3. The molecule has 1 amide bonds. The number of phenols is 1. The van der Waals surface area contributed by atoms with Crippen LogP contribution in [0.2, 0.25) is 0 Å². The van der Waals surface area contributed by atoms with Crippen molar-refractivity contribution < 1.29 is 75.0 Å². The van der Waals surface area contributed by atoms with E-state index >= 15 is 0 Å². The number of carbonyl (C=O) groups is 1. The molecule has 0 bridgehead atoms. The fraction of sp³-hybridized carbons (Fsp3) is 0.143. The van der Waals surface area contributed by atoms with Crippen LogP contribution in [0.5, 0.6) is 5.75 Å². The van der Waals surface area contributed by atoms with Crippen molar-refractivity contribution in [1.29, 1.82) is 5.41 Å². The summed E-state index contributed by atoms with van der Waals surface area (Å²) in [5, 5.41) is 19.4. The summed E-state index contributed by atoms with van der Waals surface area (Å²) in [6.45, 7) is 1.00. The Morgan fingerprint density at radius 3 is 1.76 bits per heavy atom. The molecule has 0 aliphatic carbocycles. The van der Waals surface area contributed by atoms with E-state index in [4.69, 9.17) is 17.0 Å². The molecule has 0 aliphatic rings. The predicted molar refractivity (Wildman–Crippen MR) is 191 cm³/mol. The van der Waals surface area contributed by atoms with Crippen LogP contribution in [-0.4, -0.2) is 88.8 Å². The second-order valence-electron chi connectivity index (χ2n) is 11.1. The van der Waals surface area contributed by atoms with Crippen LogP contribution in [0, 0.1) is 5.41 Å². The van der Waals surface area contributed by atoms with Crippen molar-refractivity contribution in [2.24, 2.45) is 0 Å². The molecule has 0 spiro atoms. The fourth-order valence-corrected chi connectivity index (χ4v) is 9.50. The van der Waals surface area contributed by atoms with E-state index in [1.165, 1.54) is 12.1 Å². The molecule has 4 aromatic carbocycles. The fourth-order valence-electron chi connectivity index (χ4n) is 4.98. The van der Waals surface area contributed by atoms with Gasteiger partial charge in [-0.05, 0) is 52.9 Å². The lowest BCUT2D eigenvalue weighted by Crippen LogP contribution is -2.17. The Kier molecular flexibility index (Phi) is 11.8. The first-order valence-electron chi connectivity index (χ1n) is 14.2. The van der Waals surface area contributed by atoms with E-state index in [9.17, 15) is 70.2 Å². The standard InChI is InChI=1S/C28H26ClN3O17S5/c1-14(30)49-32-26-22(53(43,44)45)10-18(11-23(26)54(46,47)48)25-21(52(40,41)42)9-17-8-19(51(37,38)39)12-20(33)24(17)27(25)31-28(34)16-4-2-15(3-5-16)13-50(35,36)7-6-29/h2-5,8-12,30,32-33H,6-7,13H2,1H3,(H,31,34)(H,37,38,39)(H,40,41,42)(H,43,44,45)(H,46,47,48). The van der Waals surface area contributed by atoms with Crippen LogP contribution in [0.15, 0.2) is 74.2 Å². The topological polar surface area (TPSA) is 346 Å². The number of rotatable bonds is 13. The van der Waals surface area contributed by atoms with Gasteiger partial charge in [-0.25, -0.2) is 13.9 Å². The number of nitrogens with one attached hydrogen (secondary N) is 3. The minimum atomic E-state index is -5.62. The molecule has 26 heteroatoms. The number of anilines is 2. The highest BCUT2D eigenvalue weighted by molar-refractivity contribution is 7.90. The van der Waals surface area contributed by atoms with Gasteiger partial charge >= 0.3 is 0 Å². The zero-order chi connectivity index (χ0) is 40.8. The summed E-state index contributed by atoms with van der Waals surface area (Å²) in [6, 6.07) is 7.02. The molecular weight excluding hydrogens is 846 g/mol. The molecule has 0 unspecified atom stereocenters. The predicted octanol–water partition coefficient (Wildman–Crippen LogP) is 2.95. The van der Waals surface area contributed by atoms with Gasteiger partial charge in [0, 0.05) is 35.4 Å². The second kappa shape index (κ2) is 15.0. The Balaban J connectivity index is 2.16. The molecule has 0 saturated heterocycles. The zero-order valence-corrected chi connectivity index (χ0v) is 31.7. The average Bonchev–Trinajstić information content (AvgIpc) is 3.01. The van der Waals surface area contributed by atoms with Crippen molar-refractivity contribution in [3.8, 4) is 16.9 Å². The molecule has 20 nitrogen and oxygen atoms in total. The van der Waals surface area contributed by atoms with Gasteiger partial charge in [-0.1, -0.05) is 12.1 Å². The molecule has 8 N–H and O–H groups in total. The van der Waals surface area contributed by atoms with Crippen LogP contribution in [0.1, 0.15) is 22.8 Å². The van der Waals surface area contributed by atoms with Crippen LogP contribution in [0.25, 0.3) is 21.9 Å². The molecule has 4 aromatic rings. The third kappa shape index (κ3) is 9.61. The first-order chi connectivity index (χ1) is 24.6. The Labute approximate surface area is 312 Å². The smallest absolute Gasteiger partial charge is 0.296 e. The lowest BCUT2D eigenvalue weighted by molar-refractivity contribution is 0.102. The van der Waals surface area contributed by atoms with Crippen molar-refractivity contribution in [3.63, 3.8) is 0 Å². The highest BCUT2D eigenvalue weighted by atomic mass is 35.5. The maximum atomic E-state index is 13.7. The van der Waals surface area contributed by atoms with Crippen molar-refractivity contribution in [2.45, 2.75) is 32.3 Å². The van der Waals surface area contributed by atoms with Crippen LogP contribution >= 0.6 is 11.6 Å². The molecular formula is C28H26ClN3O17S5. The highest BCUT2D eigenvalue weighted by Gasteiger charge is 2.32. The number of phenolic OH excluding ortho intramolecular Hbond substituents is 1. The van der Waals surface area contributed by atoms with Gasteiger partial charge in [0.15, 0.2) is 9.84 Å². The number of fused-ring (bicyclic) bond motifs is 1. The Bertz CT molecular complexity index is 2740. The Hall–Kier alpha value is -4.44. The number of amides is 1. The molecule has 0 fully saturated rings. The normalized spacial score (nSPS) is 12.7. The zero-order valence-electron chi connectivity index (χ0n) is 26.9. The van der Waals surface area contributed by atoms with Gasteiger partial charge < -0.3 is 15.3 Å². The summed E-state index contributed by atoms with van der Waals surface area (Å²) in [6.07, 6.45) is 0. The number of benzene rings is 4. The van der Waals surface area contributed by atoms with Gasteiger partial charge in [-0.3, -0.25) is 28.4 Å². The highest BCUT2D eigenvalue weighted by Crippen LogP contribution is 2.47. The second-order valence-corrected chi connectivity index (χ2v) is 19.3. The molecule has 54 heavy (non-hydrogen) atoms. The van der Waals surface area contributed by atoms with Gasteiger partial charge in [0.2, 0.25) is 5.90 Å². The molecule has 0 saturated carbocycles. The summed E-state index contributed by atoms with van der Waals surface area (Å²) in [5.74, 6) is -4.00. The van der Waals surface area contributed by atoms with Gasteiger partial charge in [0.25, 0.3) is 46.4 Å². The lowest BCUT2D eigenvalue weighted by atomic mass is 9.96. The first-order valence-corrected chi connectivity index (χ1v) is 22.3. The van der Waals surface area contributed by atoms with Crippen LogP contribution in [0.3, 0.4) is 0 Å². The van der Waals surface area contributed by atoms with Gasteiger partial charge in [-0.2, -0.15) is 33.7 Å². The third-order valence-electron chi connectivity index (χ3n) is 7.18. The number of halogens is 1. The number of aromatic hydroxyl groups is 1. The van der Waals surface area contributed by atoms with E-state index in [1.54, 1.807) is 5.48 Å². The number of hydrogen-bond donors (Lipinski definition) is 8. The molecule has 0 atom stereocenters. The van der Waals surface area contributed by atoms with E-state index in [-0.39, 0.29) is 22.8 Å². The lowest BCUT2D eigenvalue weighted by Gasteiger charge is -2.21. The van der Waals surface area contributed by atoms with Crippen molar-refractivity contribution >= 4 is 95.9 Å². The Morgan fingerprint density at radius 2 is 1.30 bits per heavy atom. The quantitative estimate of drug-likeness (QED) is 0.0315. The van der Waals surface area contributed by atoms with Crippen molar-refractivity contribution in [1.82, 2.24) is 0 Å². The number of carbonyl (C=O) groups excluding carboxylic acids is 1. The van der Waals surface area contributed by atoms with Gasteiger partial charge in [0.05, 0.1) is 22.1 Å². The molecule has 0 heterocycles. The minimum absolute atomic E-state index is 0.186. The van der Waals surface area contributed by atoms with Gasteiger partial charge in [-0.15, -0.1) is 11.6 Å². The molecule has 0 aromatic heterocycles. The summed E-state index contributed by atoms with van der Waals surface area (Å²) in [4.78, 5) is 13.1. The van der Waals surface area contributed by atoms with E-state index in [0.29, 0.717) is 30.3 Å². The van der Waals surface area contributed by atoms with Crippen LogP contribution < -0.4 is 10.8 Å². The summed E-state index contributed by atoms with van der Waals surface area (Å²) in [7, 11) is -25.6. The summed E-state index contributed by atoms with van der Waals surface area (Å²) >= 11 is 5.52. The monoisotopic (exact) mass is 871 g/mol. The Morgan fingerprint density at radius 1 is 0.759 bits per heavy atom. The molecule has 292 valence electrons. The average molecular weight is 872 g/mol. The maximum Gasteiger partial charge on any atom is 0.296 e. The molecule has 0 radical (unpaired) electrons.